The Morgan fingerprint density at radius 3 is 2.70 bits per heavy atom. The first-order chi connectivity index (χ1) is 14.2. The fraction of sp³-hybridized carbons (Fsp3) is 0.286. The van der Waals surface area contributed by atoms with E-state index in [1.807, 2.05) is 0 Å². The number of fused-ring (bicyclic) bond motifs is 1. The molecule has 0 radical (unpaired) electrons. The minimum Gasteiger partial charge on any atom is -0.406 e. The Kier molecular flexibility index (Phi) is 6.21. The van der Waals surface area contributed by atoms with Crippen LogP contribution in [0.15, 0.2) is 48.5 Å². The molecule has 4 N–H and O–H groups in total. The molecule has 3 rings (SSSR count). The molecule has 0 aliphatic heterocycles. The number of benzene rings is 2. The van der Waals surface area contributed by atoms with E-state index in [9.17, 15) is 18.0 Å². The van der Waals surface area contributed by atoms with Gasteiger partial charge in [-0.15, -0.1) is 13.2 Å². The summed E-state index contributed by atoms with van der Waals surface area (Å²) in [5.74, 6) is -0.796. The standard InChI is InChI=1S/C21H22F3N3O3/c1-13(12-28)10-26-20(29)19-9-15-8-16(25)5-6-18(15)27(19)11-14-3-2-4-17(7-14)30-21(22,23)24/h2-9,13,28H,10-12,25H2,1H3,(H,26,29). The number of amides is 1. The summed E-state index contributed by atoms with van der Waals surface area (Å²) in [5.41, 5.74) is 7.96. The number of nitrogens with one attached hydrogen (secondary N) is 1. The molecule has 0 saturated carbocycles. The fourth-order valence-electron chi connectivity index (χ4n) is 3.09. The minimum atomic E-state index is -4.79. The number of rotatable bonds is 7. The quantitative estimate of drug-likeness (QED) is 0.509. The molecular formula is C21H22F3N3O3. The zero-order valence-corrected chi connectivity index (χ0v) is 16.2. The van der Waals surface area contributed by atoms with Crippen LogP contribution in [0.1, 0.15) is 23.0 Å². The van der Waals surface area contributed by atoms with Crippen molar-refractivity contribution in [2.45, 2.75) is 19.8 Å². The molecular weight excluding hydrogens is 399 g/mol. The molecule has 1 atom stereocenters. The molecule has 3 aromatic rings. The lowest BCUT2D eigenvalue weighted by atomic mass is 10.2. The maximum absolute atomic E-state index is 12.8. The molecule has 0 saturated heterocycles. The first kappa shape index (κ1) is 21.5. The van der Waals surface area contributed by atoms with Gasteiger partial charge in [0.15, 0.2) is 0 Å². The molecule has 6 nitrogen and oxygen atoms in total. The average Bonchev–Trinajstić information content (AvgIpc) is 3.02. The van der Waals surface area contributed by atoms with E-state index in [0.29, 0.717) is 22.5 Å². The number of ether oxygens (including phenoxy) is 1. The van der Waals surface area contributed by atoms with Crippen LogP contribution in [0, 0.1) is 5.92 Å². The smallest absolute Gasteiger partial charge is 0.406 e. The van der Waals surface area contributed by atoms with Crippen molar-refractivity contribution >= 4 is 22.5 Å². The highest BCUT2D eigenvalue weighted by molar-refractivity contribution is 5.99. The Hall–Kier alpha value is -3.20. The topological polar surface area (TPSA) is 89.5 Å². The first-order valence-corrected chi connectivity index (χ1v) is 9.29. The van der Waals surface area contributed by atoms with E-state index in [0.717, 1.165) is 5.39 Å². The molecule has 0 spiro atoms. The molecule has 160 valence electrons. The van der Waals surface area contributed by atoms with Crippen molar-refractivity contribution < 1.29 is 27.8 Å². The van der Waals surface area contributed by atoms with Gasteiger partial charge in [-0.05, 0) is 47.9 Å². The third-order valence-corrected chi connectivity index (χ3v) is 4.55. The highest BCUT2D eigenvalue weighted by Crippen LogP contribution is 2.27. The van der Waals surface area contributed by atoms with Crippen molar-refractivity contribution in [2.75, 3.05) is 18.9 Å². The number of anilines is 1. The van der Waals surface area contributed by atoms with Gasteiger partial charge in [0.25, 0.3) is 5.91 Å². The summed E-state index contributed by atoms with van der Waals surface area (Å²) in [5, 5.41) is 12.7. The number of nitrogen functional groups attached to an aromatic ring is 1. The number of carbonyl (C=O) groups excluding carboxylic acids is 1. The van der Waals surface area contributed by atoms with Gasteiger partial charge in [-0.2, -0.15) is 0 Å². The maximum Gasteiger partial charge on any atom is 0.573 e. The number of alkyl halides is 3. The second kappa shape index (κ2) is 8.66. The van der Waals surface area contributed by atoms with Crippen molar-refractivity contribution in [2.24, 2.45) is 5.92 Å². The molecule has 2 aromatic carbocycles. The number of hydrogen-bond acceptors (Lipinski definition) is 4. The minimum absolute atomic E-state index is 0.0637. The van der Waals surface area contributed by atoms with Gasteiger partial charge in [-0.3, -0.25) is 4.79 Å². The lowest BCUT2D eigenvalue weighted by Gasteiger charge is -2.14. The summed E-state index contributed by atoms with van der Waals surface area (Å²) in [7, 11) is 0. The Bertz CT molecular complexity index is 1050. The second-order valence-electron chi connectivity index (χ2n) is 7.13. The van der Waals surface area contributed by atoms with E-state index < -0.39 is 6.36 Å². The molecule has 1 amide bonds. The molecule has 9 heteroatoms. The van der Waals surface area contributed by atoms with Gasteiger partial charge in [0, 0.05) is 36.3 Å². The van der Waals surface area contributed by atoms with Crippen LogP contribution in [0.5, 0.6) is 5.75 Å². The Morgan fingerprint density at radius 2 is 2.00 bits per heavy atom. The van der Waals surface area contributed by atoms with Crippen LogP contribution in [-0.4, -0.2) is 35.1 Å². The van der Waals surface area contributed by atoms with Crippen LogP contribution in [0.2, 0.25) is 0 Å². The largest absolute Gasteiger partial charge is 0.573 e. The number of aromatic nitrogens is 1. The Balaban J connectivity index is 1.96. The summed E-state index contributed by atoms with van der Waals surface area (Å²) in [6.07, 6.45) is -4.79. The van der Waals surface area contributed by atoms with Gasteiger partial charge in [0.1, 0.15) is 11.4 Å². The fourth-order valence-corrected chi connectivity index (χ4v) is 3.09. The van der Waals surface area contributed by atoms with Crippen molar-refractivity contribution in [3.8, 4) is 5.75 Å². The lowest BCUT2D eigenvalue weighted by molar-refractivity contribution is -0.274. The summed E-state index contributed by atoms with van der Waals surface area (Å²) < 4.78 is 43.3. The average molecular weight is 421 g/mol. The highest BCUT2D eigenvalue weighted by atomic mass is 19.4. The molecule has 0 fully saturated rings. The molecule has 0 aliphatic rings. The first-order valence-electron chi connectivity index (χ1n) is 9.29. The van der Waals surface area contributed by atoms with Crippen LogP contribution in [0.3, 0.4) is 0 Å². The third-order valence-electron chi connectivity index (χ3n) is 4.55. The summed E-state index contributed by atoms with van der Waals surface area (Å²) in [4.78, 5) is 12.8. The number of aliphatic hydroxyl groups excluding tert-OH is 1. The maximum atomic E-state index is 12.8. The van der Waals surface area contributed by atoms with Crippen LogP contribution >= 0.6 is 0 Å². The number of hydrogen-bond donors (Lipinski definition) is 3. The summed E-state index contributed by atoms with van der Waals surface area (Å²) in [6.45, 7) is 2.17. The van der Waals surface area contributed by atoms with Gasteiger partial charge >= 0.3 is 6.36 Å². The van der Waals surface area contributed by atoms with Crippen LogP contribution in [0.25, 0.3) is 10.9 Å². The van der Waals surface area contributed by atoms with Crippen molar-refractivity contribution in [1.29, 1.82) is 0 Å². The van der Waals surface area contributed by atoms with Gasteiger partial charge in [-0.25, -0.2) is 0 Å². The zero-order chi connectivity index (χ0) is 21.9. The molecule has 1 heterocycles. The van der Waals surface area contributed by atoms with E-state index in [-0.39, 0.29) is 37.3 Å². The van der Waals surface area contributed by atoms with E-state index in [2.05, 4.69) is 10.1 Å². The van der Waals surface area contributed by atoms with Gasteiger partial charge in [0.05, 0.1) is 0 Å². The number of aliphatic hydroxyl groups is 1. The van der Waals surface area contributed by atoms with Gasteiger partial charge in [0.2, 0.25) is 0 Å². The number of halogens is 3. The van der Waals surface area contributed by atoms with Gasteiger partial charge < -0.3 is 25.5 Å². The molecule has 1 unspecified atom stereocenters. The number of carbonyl (C=O) groups is 1. The summed E-state index contributed by atoms with van der Waals surface area (Å²) >= 11 is 0. The second-order valence-corrected chi connectivity index (χ2v) is 7.13. The van der Waals surface area contributed by atoms with Crippen molar-refractivity contribution in [1.82, 2.24) is 9.88 Å². The molecule has 0 aliphatic carbocycles. The zero-order valence-electron chi connectivity index (χ0n) is 16.2. The molecule has 1 aromatic heterocycles. The Labute approximate surface area is 171 Å². The van der Waals surface area contributed by atoms with Crippen LogP contribution in [0.4, 0.5) is 18.9 Å². The SMILES string of the molecule is CC(CO)CNC(=O)c1cc2cc(N)ccc2n1Cc1cccc(OC(F)(F)F)c1. The highest BCUT2D eigenvalue weighted by Gasteiger charge is 2.31. The third kappa shape index (κ3) is 5.24. The lowest BCUT2D eigenvalue weighted by Crippen LogP contribution is -2.31. The predicted octanol–water partition coefficient (Wildman–Crippen LogP) is 3.53. The van der Waals surface area contributed by atoms with E-state index in [1.165, 1.54) is 18.2 Å². The molecule has 0 bridgehead atoms. The predicted molar refractivity (Wildman–Crippen MR) is 107 cm³/mol. The molecule has 30 heavy (non-hydrogen) atoms. The normalized spacial score (nSPS) is 12.7. The van der Waals surface area contributed by atoms with Gasteiger partial charge in [-0.1, -0.05) is 19.1 Å². The van der Waals surface area contributed by atoms with E-state index in [4.69, 9.17) is 10.8 Å². The van der Waals surface area contributed by atoms with Crippen LogP contribution in [-0.2, 0) is 6.54 Å². The van der Waals surface area contributed by atoms with Crippen LogP contribution < -0.4 is 15.8 Å². The number of nitrogens with zero attached hydrogens (tertiary/aromatic N) is 1. The van der Waals surface area contributed by atoms with E-state index >= 15 is 0 Å². The monoisotopic (exact) mass is 421 g/mol. The van der Waals surface area contributed by atoms with Crippen molar-refractivity contribution in [3.05, 3.63) is 59.8 Å². The summed E-state index contributed by atoms with van der Waals surface area (Å²) in [6, 6.07) is 12.5. The van der Waals surface area contributed by atoms with Crippen molar-refractivity contribution in [3.63, 3.8) is 0 Å². The Morgan fingerprint density at radius 1 is 1.23 bits per heavy atom. The number of nitrogens with two attached hydrogens (primary N) is 1. The van der Waals surface area contributed by atoms with E-state index in [1.54, 1.807) is 41.8 Å².